The Hall–Kier alpha value is -3.71. The van der Waals surface area contributed by atoms with Gasteiger partial charge in [0.25, 0.3) is 0 Å². The van der Waals surface area contributed by atoms with Crippen LogP contribution in [0.4, 0.5) is 0 Å². The number of hydrogen-bond donors (Lipinski definition) is 0. The summed E-state index contributed by atoms with van der Waals surface area (Å²) in [5.41, 5.74) is 4.85. The first-order valence-electron chi connectivity index (χ1n) is 8.69. The molecule has 0 aliphatic carbocycles. The van der Waals surface area contributed by atoms with E-state index in [1.165, 1.54) is 0 Å². The number of nitrogens with zero attached hydrogens (tertiary/aromatic N) is 3. The molecule has 0 saturated heterocycles. The van der Waals surface area contributed by atoms with Crippen molar-refractivity contribution in [1.82, 2.24) is 9.55 Å². The third kappa shape index (κ3) is 3.36. The van der Waals surface area contributed by atoms with Crippen molar-refractivity contribution in [3.8, 4) is 6.07 Å². The molecule has 0 aliphatic heterocycles. The predicted molar refractivity (Wildman–Crippen MR) is 105 cm³/mol. The molecule has 4 rings (SSSR count). The Balaban J connectivity index is 1.63. The SMILES string of the molecule is Cc1ccc(C(=O)c2cccn2Cc2cnc3cc(C#N)ccc3c2)cc1. The molecule has 0 N–H and O–H groups in total. The Bertz CT molecular complexity index is 1180. The van der Waals surface area contributed by atoms with Crippen LogP contribution in [0.3, 0.4) is 0 Å². The third-order valence-electron chi connectivity index (χ3n) is 4.60. The van der Waals surface area contributed by atoms with Gasteiger partial charge in [0.1, 0.15) is 0 Å². The molecule has 0 radical (unpaired) electrons. The number of carbonyl (C=O) groups excluding carboxylic acids is 1. The van der Waals surface area contributed by atoms with Gasteiger partial charge in [0, 0.05) is 29.9 Å². The smallest absolute Gasteiger partial charge is 0.209 e. The van der Waals surface area contributed by atoms with Crippen LogP contribution in [0.5, 0.6) is 0 Å². The lowest BCUT2D eigenvalue weighted by Gasteiger charge is -2.10. The molecule has 4 heteroatoms. The fourth-order valence-electron chi connectivity index (χ4n) is 3.13. The molecule has 2 heterocycles. The summed E-state index contributed by atoms with van der Waals surface area (Å²) in [4.78, 5) is 17.3. The first-order valence-corrected chi connectivity index (χ1v) is 8.69. The van der Waals surface area contributed by atoms with Gasteiger partial charge in [-0.05, 0) is 42.8 Å². The van der Waals surface area contributed by atoms with Crippen LogP contribution in [0.2, 0.25) is 0 Å². The van der Waals surface area contributed by atoms with Gasteiger partial charge in [0.15, 0.2) is 0 Å². The number of aryl methyl sites for hydroxylation is 1. The van der Waals surface area contributed by atoms with E-state index < -0.39 is 0 Å². The lowest BCUT2D eigenvalue weighted by Crippen LogP contribution is -2.10. The summed E-state index contributed by atoms with van der Waals surface area (Å²) in [7, 11) is 0. The molecule has 130 valence electrons. The summed E-state index contributed by atoms with van der Waals surface area (Å²) < 4.78 is 1.94. The predicted octanol–water partition coefficient (Wildman–Crippen LogP) is 4.50. The van der Waals surface area contributed by atoms with Crippen LogP contribution in [0, 0.1) is 18.3 Å². The van der Waals surface area contributed by atoms with Gasteiger partial charge in [0.05, 0.1) is 22.8 Å². The number of carbonyl (C=O) groups is 1. The average Bonchev–Trinajstić information content (AvgIpc) is 3.15. The quantitative estimate of drug-likeness (QED) is 0.509. The van der Waals surface area contributed by atoms with Gasteiger partial charge in [-0.3, -0.25) is 9.78 Å². The maximum atomic E-state index is 12.8. The zero-order valence-electron chi connectivity index (χ0n) is 14.9. The standard InChI is InChI=1S/C23H17N3O/c1-16-4-7-19(8-5-16)23(27)22-3-2-10-26(22)15-18-11-20-9-6-17(13-24)12-21(20)25-14-18/h2-12,14H,15H2,1H3. The lowest BCUT2D eigenvalue weighted by molar-refractivity contribution is 0.103. The molecule has 27 heavy (non-hydrogen) atoms. The second kappa shape index (κ2) is 6.89. The Morgan fingerprint density at radius 1 is 1.11 bits per heavy atom. The van der Waals surface area contributed by atoms with E-state index in [1.54, 1.807) is 18.3 Å². The van der Waals surface area contributed by atoms with Crippen LogP contribution in [0.25, 0.3) is 10.9 Å². The highest BCUT2D eigenvalue weighted by Gasteiger charge is 2.13. The van der Waals surface area contributed by atoms with E-state index in [0.717, 1.165) is 22.0 Å². The van der Waals surface area contributed by atoms with Crippen LogP contribution in [-0.4, -0.2) is 15.3 Å². The van der Waals surface area contributed by atoms with Gasteiger partial charge in [0.2, 0.25) is 5.78 Å². The highest BCUT2D eigenvalue weighted by molar-refractivity contribution is 6.08. The van der Waals surface area contributed by atoms with Gasteiger partial charge in [-0.2, -0.15) is 5.26 Å². The maximum absolute atomic E-state index is 12.8. The molecule has 0 saturated carbocycles. The number of nitriles is 1. The zero-order chi connectivity index (χ0) is 18.8. The van der Waals surface area contributed by atoms with E-state index in [0.29, 0.717) is 23.4 Å². The van der Waals surface area contributed by atoms with Crippen LogP contribution >= 0.6 is 0 Å². The number of aromatic nitrogens is 2. The number of rotatable bonds is 4. The first kappa shape index (κ1) is 16.7. The van der Waals surface area contributed by atoms with Crippen molar-refractivity contribution in [3.05, 3.63) is 101 Å². The molecule has 0 spiro atoms. The zero-order valence-corrected chi connectivity index (χ0v) is 14.9. The monoisotopic (exact) mass is 351 g/mol. The number of benzene rings is 2. The van der Waals surface area contributed by atoms with Crippen molar-refractivity contribution in [2.75, 3.05) is 0 Å². The second-order valence-corrected chi connectivity index (χ2v) is 6.58. The van der Waals surface area contributed by atoms with Gasteiger partial charge in [-0.25, -0.2) is 0 Å². The van der Waals surface area contributed by atoms with E-state index >= 15 is 0 Å². The topological polar surface area (TPSA) is 58.7 Å². The molecule has 4 aromatic rings. The largest absolute Gasteiger partial charge is 0.340 e. The van der Waals surface area contributed by atoms with E-state index in [2.05, 4.69) is 11.1 Å². The van der Waals surface area contributed by atoms with Crippen molar-refractivity contribution >= 4 is 16.7 Å². The Labute approximate surface area is 157 Å². The Kier molecular flexibility index (Phi) is 4.27. The maximum Gasteiger partial charge on any atom is 0.209 e. The molecular weight excluding hydrogens is 334 g/mol. The minimum absolute atomic E-state index is 0.00686. The van der Waals surface area contributed by atoms with Crippen molar-refractivity contribution in [1.29, 1.82) is 5.26 Å². The second-order valence-electron chi connectivity index (χ2n) is 6.58. The summed E-state index contributed by atoms with van der Waals surface area (Å²) in [5.74, 6) is 0.00686. The Morgan fingerprint density at radius 2 is 1.93 bits per heavy atom. The van der Waals surface area contributed by atoms with Crippen molar-refractivity contribution in [3.63, 3.8) is 0 Å². The summed E-state index contributed by atoms with van der Waals surface area (Å²) >= 11 is 0. The summed E-state index contributed by atoms with van der Waals surface area (Å²) in [6.07, 6.45) is 3.70. The van der Waals surface area contributed by atoms with Crippen LogP contribution in [0.15, 0.2) is 73.1 Å². The van der Waals surface area contributed by atoms with Gasteiger partial charge < -0.3 is 4.57 Å². The minimum Gasteiger partial charge on any atom is -0.340 e. The van der Waals surface area contributed by atoms with E-state index in [4.69, 9.17) is 5.26 Å². The summed E-state index contributed by atoms with van der Waals surface area (Å²) in [6.45, 7) is 2.56. The molecule has 0 unspecified atom stereocenters. The van der Waals surface area contributed by atoms with E-state index in [-0.39, 0.29) is 5.78 Å². The molecule has 0 amide bonds. The van der Waals surface area contributed by atoms with Crippen LogP contribution < -0.4 is 0 Å². The molecule has 2 aromatic heterocycles. The molecule has 0 bridgehead atoms. The third-order valence-corrected chi connectivity index (χ3v) is 4.60. The van der Waals surface area contributed by atoms with Crippen molar-refractivity contribution in [2.45, 2.75) is 13.5 Å². The molecule has 0 fully saturated rings. The molecule has 2 aromatic carbocycles. The van der Waals surface area contributed by atoms with Crippen LogP contribution in [-0.2, 0) is 6.54 Å². The van der Waals surface area contributed by atoms with Gasteiger partial charge in [-0.15, -0.1) is 0 Å². The lowest BCUT2D eigenvalue weighted by atomic mass is 10.1. The van der Waals surface area contributed by atoms with Crippen molar-refractivity contribution < 1.29 is 4.79 Å². The summed E-state index contributed by atoms with van der Waals surface area (Å²) in [6, 6.07) is 21.0. The fraction of sp³-hybridized carbons (Fsp3) is 0.0870. The molecular formula is C23H17N3O. The minimum atomic E-state index is 0.00686. The fourth-order valence-corrected chi connectivity index (χ4v) is 3.13. The average molecular weight is 351 g/mol. The normalized spacial score (nSPS) is 10.7. The van der Waals surface area contributed by atoms with E-state index in [9.17, 15) is 4.79 Å². The highest BCUT2D eigenvalue weighted by atomic mass is 16.1. The number of hydrogen-bond acceptors (Lipinski definition) is 3. The number of fused-ring (bicyclic) bond motifs is 1. The molecule has 0 aliphatic rings. The van der Waals surface area contributed by atoms with E-state index in [1.807, 2.05) is 66.2 Å². The van der Waals surface area contributed by atoms with Gasteiger partial charge in [-0.1, -0.05) is 35.9 Å². The number of pyridine rings is 1. The Morgan fingerprint density at radius 3 is 2.70 bits per heavy atom. The van der Waals surface area contributed by atoms with Crippen molar-refractivity contribution in [2.24, 2.45) is 0 Å². The first-order chi connectivity index (χ1) is 13.1. The summed E-state index contributed by atoms with van der Waals surface area (Å²) in [5, 5.41) is 9.98. The molecule has 4 nitrogen and oxygen atoms in total. The van der Waals surface area contributed by atoms with Crippen LogP contribution in [0.1, 0.15) is 32.7 Å². The van der Waals surface area contributed by atoms with Gasteiger partial charge >= 0.3 is 0 Å². The highest BCUT2D eigenvalue weighted by Crippen LogP contribution is 2.18. The molecule has 0 atom stereocenters. The number of ketones is 1.